The minimum Gasteiger partial charge on any atom is -0.369 e. The fourth-order valence-corrected chi connectivity index (χ4v) is 4.36. The molecule has 0 spiro atoms. The van der Waals surface area contributed by atoms with Crippen molar-refractivity contribution in [2.24, 2.45) is 11.7 Å². The van der Waals surface area contributed by atoms with Crippen LogP contribution >= 0.6 is 0 Å². The van der Waals surface area contributed by atoms with E-state index in [4.69, 9.17) is 5.73 Å². The molecule has 2 aliphatic heterocycles. The summed E-state index contributed by atoms with van der Waals surface area (Å²) < 4.78 is 16.6. The minimum atomic E-state index is -0.521. The van der Waals surface area contributed by atoms with Gasteiger partial charge in [-0.3, -0.25) is 14.3 Å². The third-order valence-corrected chi connectivity index (χ3v) is 5.79. The first kappa shape index (κ1) is 16.3. The van der Waals surface area contributed by atoms with Crippen molar-refractivity contribution in [1.29, 1.82) is 0 Å². The van der Waals surface area contributed by atoms with Gasteiger partial charge in [-0.2, -0.15) is 0 Å². The summed E-state index contributed by atoms with van der Waals surface area (Å²) in [6, 6.07) is 1.32. The second kappa shape index (κ2) is 5.69. The molecule has 2 aromatic rings. The van der Waals surface area contributed by atoms with Gasteiger partial charge in [0, 0.05) is 30.7 Å². The zero-order valence-corrected chi connectivity index (χ0v) is 14.5. The van der Waals surface area contributed by atoms with Crippen LogP contribution in [0.5, 0.6) is 0 Å². The summed E-state index contributed by atoms with van der Waals surface area (Å²) in [7, 11) is 0. The highest BCUT2D eigenvalue weighted by molar-refractivity contribution is 5.88. The fourth-order valence-electron chi connectivity index (χ4n) is 4.36. The van der Waals surface area contributed by atoms with Crippen molar-refractivity contribution in [3.05, 3.63) is 38.3 Å². The smallest absolute Gasteiger partial charge is 0.329 e. The molecule has 4 rings (SSSR count). The summed E-state index contributed by atoms with van der Waals surface area (Å²) in [5.41, 5.74) is 6.99. The van der Waals surface area contributed by atoms with E-state index < -0.39 is 17.1 Å². The van der Waals surface area contributed by atoms with E-state index in [2.05, 4.69) is 4.98 Å². The second-order valence-corrected chi connectivity index (χ2v) is 7.45. The predicted molar refractivity (Wildman–Crippen MR) is 95.8 cm³/mol. The molecule has 25 heavy (non-hydrogen) atoms. The highest BCUT2D eigenvalue weighted by Gasteiger charge is 2.32. The summed E-state index contributed by atoms with van der Waals surface area (Å²) in [5.74, 6) is -0.0655. The Balaban J connectivity index is 1.97. The number of hydrogen-bond donors (Lipinski definition) is 2. The summed E-state index contributed by atoms with van der Waals surface area (Å²) in [6.07, 6.45) is 2.33. The summed E-state index contributed by atoms with van der Waals surface area (Å²) >= 11 is 0. The average Bonchev–Trinajstić information content (AvgIpc) is 3.02. The van der Waals surface area contributed by atoms with E-state index in [1.807, 2.05) is 18.7 Å². The molecule has 7 heteroatoms. The molecule has 134 valence electrons. The van der Waals surface area contributed by atoms with Gasteiger partial charge in [0.15, 0.2) is 0 Å². The van der Waals surface area contributed by atoms with Crippen molar-refractivity contribution in [2.75, 3.05) is 18.0 Å². The Morgan fingerprint density at radius 3 is 2.80 bits per heavy atom. The van der Waals surface area contributed by atoms with Gasteiger partial charge in [0.1, 0.15) is 5.82 Å². The van der Waals surface area contributed by atoms with Gasteiger partial charge in [0.05, 0.1) is 16.6 Å². The van der Waals surface area contributed by atoms with Crippen LogP contribution in [0.1, 0.15) is 38.3 Å². The largest absolute Gasteiger partial charge is 0.369 e. The first-order valence-electron chi connectivity index (χ1n) is 8.89. The Bertz CT molecular complexity index is 962. The first-order chi connectivity index (χ1) is 11.9. The summed E-state index contributed by atoms with van der Waals surface area (Å²) in [4.78, 5) is 28.9. The molecule has 3 atom stereocenters. The van der Waals surface area contributed by atoms with E-state index >= 15 is 0 Å². The molecular formula is C18H23FN4O2. The normalized spacial score (nSPS) is 24.1. The Labute approximate surface area is 144 Å². The van der Waals surface area contributed by atoms with Gasteiger partial charge >= 0.3 is 5.69 Å². The lowest BCUT2D eigenvalue weighted by Gasteiger charge is -2.30. The maximum absolute atomic E-state index is 15.0. The standard InChI is InChI=1S/C18H23FN4O2/c1-9-3-4-12-15-13(17(24)21-18(25)23(9)15)7-14(19)16(12)22-6-5-11(8-22)10(2)20/h7,9-11H,3-6,8,20H2,1-2H3,(H,21,24,25)/t9?,10-,11?/m0/s1. The van der Waals surface area contributed by atoms with Crippen molar-refractivity contribution in [1.82, 2.24) is 9.55 Å². The number of nitrogens with zero attached hydrogens (tertiary/aromatic N) is 2. The van der Waals surface area contributed by atoms with Crippen LogP contribution in [-0.2, 0) is 6.42 Å². The molecule has 2 aliphatic rings. The molecule has 1 saturated heterocycles. The molecule has 1 aromatic carbocycles. The van der Waals surface area contributed by atoms with Gasteiger partial charge in [-0.1, -0.05) is 0 Å². The molecule has 0 aliphatic carbocycles. The molecule has 2 unspecified atom stereocenters. The van der Waals surface area contributed by atoms with Crippen molar-refractivity contribution in [2.45, 2.75) is 45.2 Å². The van der Waals surface area contributed by atoms with E-state index in [9.17, 15) is 14.0 Å². The van der Waals surface area contributed by atoms with Gasteiger partial charge in [-0.25, -0.2) is 9.18 Å². The number of aryl methyl sites for hydroxylation is 1. The van der Waals surface area contributed by atoms with E-state index in [-0.39, 0.29) is 17.5 Å². The lowest BCUT2D eigenvalue weighted by atomic mass is 9.95. The van der Waals surface area contributed by atoms with Crippen LogP contribution in [0.4, 0.5) is 10.1 Å². The van der Waals surface area contributed by atoms with Crippen LogP contribution in [0.3, 0.4) is 0 Å². The number of hydrogen-bond acceptors (Lipinski definition) is 4. The van der Waals surface area contributed by atoms with E-state index in [1.54, 1.807) is 4.57 Å². The van der Waals surface area contributed by atoms with Crippen LogP contribution in [-0.4, -0.2) is 28.7 Å². The molecule has 0 bridgehead atoms. The number of H-pyrrole nitrogens is 1. The van der Waals surface area contributed by atoms with Gasteiger partial charge in [0.2, 0.25) is 0 Å². The average molecular weight is 346 g/mol. The molecule has 1 aromatic heterocycles. The predicted octanol–water partition coefficient (Wildman–Crippen LogP) is 1.51. The number of aromatic amines is 1. The maximum Gasteiger partial charge on any atom is 0.329 e. The lowest BCUT2D eigenvalue weighted by molar-refractivity contribution is 0.476. The lowest BCUT2D eigenvalue weighted by Crippen LogP contribution is -2.36. The number of aromatic nitrogens is 2. The Morgan fingerprint density at radius 1 is 1.36 bits per heavy atom. The number of benzene rings is 1. The second-order valence-electron chi connectivity index (χ2n) is 7.45. The summed E-state index contributed by atoms with van der Waals surface area (Å²) in [6.45, 7) is 5.38. The highest BCUT2D eigenvalue weighted by atomic mass is 19.1. The Morgan fingerprint density at radius 2 is 2.12 bits per heavy atom. The zero-order valence-electron chi connectivity index (χ0n) is 14.5. The van der Waals surface area contributed by atoms with Crippen molar-refractivity contribution >= 4 is 16.6 Å². The Kier molecular flexibility index (Phi) is 3.72. The third kappa shape index (κ3) is 2.40. The van der Waals surface area contributed by atoms with E-state index in [0.717, 1.165) is 24.9 Å². The zero-order chi connectivity index (χ0) is 17.9. The maximum atomic E-state index is 15.0. The SMILES string of the molecule is CC1CCc2c(N3CCC([C@H](C)N)C3)c(F)cc3c(=O)[nH]c(=O)n1c23. The number of rotatable bonds is 2. The fraction of sp³-hybridized carbons (Fsp3) is 0.556. The van der Waals surface area contributed by atoms with Crippen LogP contribution in [0.25, 0.3) is 10.9 Å². The van der Waals surface area contributed by atoms with Crippen molar-refractivity contribution < 1.29 is 4.39 Å². The molecule has 3 heterocycles. The molecule has 1 fully saturated rings. The van der Waals surface area contributed by atoms with Crippen LogP contribution < -0.4 is 21.9 Å². The van der Waals surface area contributed by atoms with E-state index in [1.165, 1.54) is 6.07 Å². The van der Waals surface area contributed by atoms with Gasteiger partial charge < -0.3 is 10.6 Å². The quantitative estimate of drug-likeness (QED) is 0.863. The number of nitrogens with two attached hydrogens (primary N) is 1. The van der Waals surface area contributed by atoms with Crippen molar-refractivity contribution in [3.8, 4) is 0 Å². The topological polar surface area (TPSA) is 84.1 Å². The molecule has 6 nitrogen and oxygen atoms in total. The minimum absolute atomic E-state index is 0.0203. The highest BCUT2D eigenvalue weighted by Crippen LogP contribution is 2.38. The Hall–Kier alpha value is -2.15. The number of nitrogens with one attached hydrogen (secondary N) is 1. The van der Waals surface area contributed by atoms with E-state index in [0.29, 0.717) is 30.1 Å². The molecule has 0 saturated carbocycles. The molecule has 0 amide bonds. The van der Waals surface area contributed by atoms with Crippen LogP contribution in [0.15, 0.2) is 15.7 Å². The monoisotopic (exact) mass is 346 g/mol. The van der Waals surface area contributed by atoms with Crippen molar-refractivity contribution in [3.63, 3.8) is 0 Å². The molecule has 0 radical (unpaired) electrons. The van der Waals surface area contributed by atoms with Crippen LogP contribution in [0.2, 0.25) is 0 Å². The molecular weight excluding hydrogens is 323 g/mol. The van der Waals surface area contributed by atoms with Gasteiger partial charge in [-0.05, 0) is 45.1 Å². The first-order valence-corrected chi connectivity index (χ1v) is 8.89. The molecule has 3 N–H and O–H groups in total. The summed E-state index contributed by atoms with van der Waals surface area (Å²) in [5, 5.41) is 0.255. The van der Waals surface area contributed by atoms with Crippen LogP contribution in [0, 0.1) is 11.7 Å². The number of halogens is 1. The number of anilines is 1. The van der Waals surface area contributed by atoms with Gasteiger partial charge in [0.25, 0.3) is 5.56 Å². The third-order valence-electron chi connectivity index (χ3n) is 5.79. The van der Waals surface area contributed by atoms with Gasteiger partial charge in [-0.15, -0.1) is 0 Å².